The number of esters is 1. The Morgan fingerprint density at radius 2 is 2.32 bits per heavy atom. The zero-order chi connectivity index (χ0) is 13.8. The van der Waals surface area contributed by atoms with E-state index in [1.807, 2.05) is 0 Å². The van der Waals surface area contributed by atoms with Crippen molar-refractivity contribution >= 4 is 11.9 Å². The highest BCUT2D eigenvalue weighted by molar-refractivity contribution is 5.89. The summed E-state index contributed by atoms with van der Waals surface area (Å²) in [4.78, 5) is 22.4. The molecule has 0 aliphatic heterocycles. The molecule has 0 unspecified atom stereocenters. The molecule has 0 saturated carbocycles. The van der Waals surface area contributed by atoms with Gasteiger partial charge in [0.1, 0.15) is 11.3 Å². The first kappa shape index (κ1) is 12.9. The maximum atomic E-state index is 11.4. The number of aromatic carboxylic acids is 1. The highest BCUT2D eigenvalue weighted by Crippen LogP contribution is 2.12. The maximum Gasteiger partial charge on any atom is 0.341 e. The van der Waals surface area contributed by atoms with Gasteiger partial charge in [-0.2, -0.15) is 5.10 Å². The quantitative estimate of drug-likeness (QED) is 0.820. The van der Waals surface area contributed by atoms with Gasteiger partial charge in [-0.05, 0) is 13.0 Å². The van der Waals surface area contributed by atoms with Crippen LogP contribution in [0.1, 0.15) is 33.4 Å². The Bertz CT molecular complexity index is 599. The molecular weight excluding hydrogens is 252 g/mol. The Balaban J connectivity index is 2.14. The van der Waals surface area contributed by atoms with Crippen molar-refractivity contribution in [2.45, 2.75) is 13.5 Å². The minimum absolute atomic E-state index is 0.0770. The zero-order valence-electron chi connectivity index (χ0n) is 10.2. The van der Waals surface area contributed by atoms with Crippen molar-refractivity contribution < 1.29 is 23.8 Å². The average Bonchev–Trinajstić information content (AvgIpc) is 2.99. The first-order valence-corrected chi connectivity index (χ1v) is 5.61. The van der Waals surface area contributed by atoms with Gasteiger partial charge in [0.05, 0.1) is 31.2 Å². The monoisotopic (exact) mass is 264 g/mol. The molecule has 2 aromatic heterocycles. The normalized spacial score (nSPS) is 10.4. The summed E-state index contributed by atoms with van der Waals surface area (Å²) in [5.74, 6) is -1.26. The van der Waals surface area contributed by atoms with Crippen molar-refractivity contribution in [3.8, 4) is 0 Å². The van der Waals surface area contributed by atoms with Crippen LogP contribution >= 0.6 is 0 Å². The molecule has 0 amide bonds. The number of aromatic nitrogens is 2. The minimum Gasteiger partial charge on any atom is -0.478 e. The summed E-state index contributed by atoms with van der Waals surface area (Å²) < 4.78 is 11.3. The summed E-state index contributed by atoms with van der Waals surface area (Å²) in [5.41, 5.74) is 0.387. The minimum atomic E-state index is -1.07. The van der Waals surface area contributed by atoms with Crippen molar-refractivity contribution in [1.82, 2.24) is 9.78 Å². The van der Waals surface area contributed by atoms with E-state index < -0.39 is 11.9 Å². The Kier molecular flexibility index (Phi) is 3.65. The van der Waals surface area contributed by atoms with E-state index in [4.69, 9.17) is 14.3 Å². The van der Waals surface area contributed by atoms with E-state index in [1.54, 1.807) is 6.92 Å². The van der Waals surface area contributed by atoms with Crippen LogP contribution in [0.15, 0.2) is 29.1 Å². The van der Waals surface area contributed by atoms with Gasteiger partial charge in [0.15, 0.2) is 0 Å². The Hall–Kier alpha value is -2.57. The average molecular weight is 264 g/mol. The number of carbonyl (C=O) groups excluding carboxylic acids is 1. The van der Waals surface area contributed by atoms with Gasteiger partial charge >= 0.3 is 11.9 Å². The molecule has 0 aliphatic rings. The van der Waals surface area contributed by atoms with Crippen LogP contribution in [0.4, 0.5) is 0 Å². The van der Waals surface area contributed by atoms with Crippen LogP contribution in [-0.2, 0) is 11.3 Å². The standard InChI is InChI=1S/C12H12N2O5/c1-2-18-12(17)8-5-13-14(6-8)7-10-9(11(15)16)3-4-19-10/h3-6H,2,7H2,1H3,(H,15,16). The van der Waals surface area contributed by atoms with E-state index >= 15 is 0 Å². The molecule has 0 bridgehead atoms. The van der Waals surface area contributed by atoms with Gasteiger partial charge in [-0.25, -0.2) is 9.59 Å². The Labute approximate surface area is 108 Å². The van der Waals surface area contributed by atoms with Gasteiger partial charge < -0.3 is 14.3 Å². The fourth-order valence-electron chi connectivity index (χ4n) is 1.57. The second kappa shape index (κ2) is 5.38. The van der Waals surface area contributed by atoms with Crippen LogP contribution in [0, 0.1) is 0 Å². The Morgan fingerprint density at radius 1 is 1.53 bits per heavy atom. The van der Waals surface area contributed by atoms with Crippen molar-refractivity contribution in [2.24, 2.45) is 0 Å². The molecule has 0 fully saturated rings. The van der Waals surface area contributed by atoms with Crippen LogP contribution in [0.5, 0.6) is 0 Å². The largest absolute Gasteiger partial charge is 0.478 e. The molecule has 19 heavy (non-hydrogen) atoms. The number of carboxylic acids is 1. The number of rotatable bonds is 5. The molecule has 2 aromatic rings. The summed E-state index contributed by atoms with van der Waals surface area (Å²) in [6, 6.07) is 1.37. The summed E-state index contributed by atoms with van der Waals surface area (Å²) in [5, 5.41) is 12.9. The molecule has 1 N–H and O–H groups in total. The lowest BCUT2D eigenvalue weighted by Gasteiger charge is -1.99. The highest BCUT2D eigenvalue weighted by atomic mass is 16.5. The number of carbonyl (C=O) groups is 2. The van der Waals surface area contributed by atoms with Gasteiger partial charge in [0, 0.05) is 6.20 Å². The highest BCUT2D eigenvalue weighted by Gasteiger charge is 2.15. The first-order valence-electron chi connectivity index (χ1n) is 5.61. The van der Waals surface area contributed by atoms with Gasteiger partial charge in [-0.15, -0.1) is 0 Å². The molecule has 0 radical (unpaired) electrons. The van der Waals surface area contributed by atoms with Crippen molar-refractivity contribution in [3.63, 3.8) is 0 Å². The second-order valence-electron chi connectivity index (χ2n) is 3.71. The van der Waals surface area contributed by atoms with Crippen molar-refractivity contribution in [3.05, 3.63) is 41.6 Å². The molecule has 2 heterocycles. The Morgan fingerprint density at radius 3 is 3.00 bits per heavy atom. The third kappa shape index (κ3) is 2.82. The lowest BCUT2D eigenvalue weighted by Crippen LogP contribution is -2.06. The van der Waals surface area contributed by atoms with Crippen LogP contribution < -0.4 is 0 Å². The molecule has 0 aliphatic carbocycles. The van der Waals surface area contributed by atoms with E-state index in [9.17, 15) is 9.59 Å². The summed E-state index contributed by atoms with van der Waals surface area (Å²) in [6.07, 6.45) is 4.14. The van der Waals surface area contributed by atoms with Gasteiger partial charge in [-0.3, -0.25) is 4.68 Å². The molecule has 2 rings (SSSR count). The predicted octanol–water partition coefficient (Wildman–Crippen LogP) is 1.40. The zero-order valence-corrected chi connectivity index (χ0v) is 10.2. The molecule has 0 atom stereocenters. The molecule has 0 spiro atoms. The van der Waals surface area contributed by atoms with Gasteiger partial charge in [0.2, 0.25) is 0 Å². The second-order valence-corrected chi connectivity index (χ2v) is 3.71. The van der Waals surface area contributed by atoms with Crippen LogP contribution in [0.2, 0.25) is 0 Å². The summed E-state index contributed by atoms with van der Waals surface area (Å²) in [7, 11) is 0. The van der Waals surface area contributed by atoms with E-state index in [0.717, 1.165) is 0 Å². The van der Waals surface area contributed by atoms with Crippen LogP contribution in [0.3, 0.4) is 0 Å². The predicted molar refractivity (Wildman–Crippen MR) is 63.0 cm³/mol. The third-order valence-corrected chi connectivity index (χ3v) is 2.43. The molecule has 100 valence electrons. The molecule has 0 aromatic carbocycles. The van der Waals surface area contributed by atoms with Gasteiger partial charge in [0.25, 0.3) is 0 Å². The fourth-order valence-corrected chi connectivity index (χ4v) is 1.57. The topological polar surface area (TPSA) is 94.6 Å². The lowest BCUT2D eigenvalue weighted by molar-refractivity contribution is 0.0525. The third-order valence-electron chi connectivity index (χ3n) is 2.43. The lowest BCUT2D eigenvalue weighted by atomic mass is 10.2. The van der Waals surface area contributed by atoms with E-state index in [0.29, 0.717) is 5.56 Å². The number of nitrogens with zero attached hydrogens (tertiary/aromatic N) is 2. The van der Waals surface area contributed by atoms with Crippen LogP contribution in [-0.4, -0.2) is 33.4 Å². The van der Waals surface area contributed by atoms with E-state index in [-0.39, 0.29) is 24.5 Å². The van der Waals surface area contributed by atoms with Crippen molar-refractivity contribution in [2.75, 3.05) is 6.61 Å². The SMILES string of the molecule is CCOC(=O)c1cnn(Cc2occc2C(=O)O)c1. The number of hydrogen-bond donors (Lipinski definition) is 1. The smallest absolute Gasteiger partial charge is 0.341 e. The van der Waals surface area contributed by atoms with E-state index in [1.165, 1.54) is 29.4 Å². The number of furan rings is 1. The maximum absolute atomic E-state index is 11.4. The molecule has 7 heteroatoms. The van der Waals surface area contributed by atoms with Crippen molar-refractivity contribution in [1.29, 1.82) is 0 Å². The number of carboxylic acid groups (broad SMARTS) is 1. The van der Waals surface area contributed by atoms with Crippen LogP contribution in [0.25, 0.3) is 0 Å². The van der Waals surface area contributed by atoms with Gasteiger partial charge in [-0.1, -0.05) is 0 Å². The number of hydrogen-bond acceptors (Lipinski definition) is 5. The first-order chi connectivity index (χ1) is 9.11. The number of ether oxygens (including phenoxy) is 1. The molecule has 0 saturated heterocycles. The summed E-state index contributed by atoms with van der Waals surface area (Å²) >= 11 is 0. The summed E-state index contributed by atoms with van der Waals surface area (Å²) in [6.45, 7) is 2.13. The molecular formula is C12H12N2O5. The molecule has 7 nitrogen and oxygen atoms in total. The fraction of sp³-hybridized carbons (Fsp3) is 0.250. The van der Waals surface area contributed by atoms with E-state index in [2.05, 4.69) is 5.10 Å².